The Balaban J connectivity index is 1.91. The van der Waals surface area contributed by atoms with Gasteiger partial charge in [-0.1, -0.05) is 11.6 Å². The summed E-state index contributed by atoms with van der Waals surface area (Å²) in [5.41, 5.74) is 0.787. The molecule has 0 fully saturated rings. The summed E-state index contributed by atoms with van der Waals surface area (Å²) in [6.07, 6.45) is 5.40. The van der Waals surface area contributed by atoms with Gasteiger partial charge < -0.3 is 5.32 Å². The minimum atomic E-state index is -0.571. The van der Waals surface area contributed by atoms with Crippen molar-refractivity contribution in [3.8, 4) is 11.4 Å². The number of benzene rings is 1. The lowest BCUT2D eigenvalue weighted by Crippen LogP contribution is -2.03. The molecule has 0 radical (unpaired) electrons. The van der Waals surface area contributed by atoms with Crippen LogP contribution >= 0.6 is 11.6 Å². The van der Waals surface area contributed by atoms with Crippen molar-refractivity contribution < 1.29 is 8.78 Å². The van der Waals surface area contributed by atoms with Crippen molar-refractivity contribution in [3.63, 3.8) is 0 Å². The molecule has 1 N–H and O–H groups in total. The number of halogens is 3. The van der Waals surface area contributed by atoms with E-state index in [1.807, 2.05) is 0 Å². The van der Waals surface area contributed by atoms with Crippen LogP contribution in [-0.4, -0.2) is 24.9 Å². The van der Waals surface area contributed by atoms with E-state index in [1.165, 1.54) is 42.9 Å². The van der Waals surface area contributed by atoms with Crippen LogP contribution < -0.4 is 5.32 Å². The molecule has 0 aliphatic rings. The molecule has 0 spiro atoms. The van der Waals surface area contributed by atoms with Crippen molar-refractivity contribution in [3.05, 3.63) is 65.7 Å². The third-order valence-corrected chi connectivity index (χ3v) is 3.76. The van der Waals surface area contributed by atoms with Crippen LogP contribution in [0.5, 0.6) is 0 Å². The van der Waals surface area contributed by atoms with E-state index in [2.05, 4.69) is 30.2 Å². The standard InChI is InChI=1S/C17H9ClF2N6/c18-9-1-2-11(19)10(7-9)15-25-16-14(22-5-6-23-16)17(26-15)24-13-3-4-21-8-12(13)20/h1-8H,(H,21,23,24,25,26). The summed E-state index contributed by atoms with van der Waals surface area (Å²) in [4.78, 5) is 20.5. The maximum atomic E-state index is 14.2. The first kappa shape index (κ1) is 16.2. The predicted molar refractivity (Wildman–Crippen MR) is 93.0 cm³/mol. The van der Waals surface area contributed by atoms with Gasteiger partial charge in [-0.2, -0.15) is 0 Å². The summed E-state index contributed by atoms with van der Waals surface area (Å²) < 4.78 is 28.1. The van der Waals surface area contributed by atoms with E-state index < -0.39 is 11.6 Å². The molecule has 0 unspecified atom stereocenters. The van der Waals surface area contributed by atoms with Gasteiger partial charge in [0, 0.05) is 23.6 Å². The molecule has 0 amide bonds. The number of pyridine rings is 1. The molecule has 9 heteroatoms. The lowest BCUT2D eigenvalue weighted by atomic mass is 10.2. The summed E-state index contributed by atoms with van der Waals surface area (Å²) in [5.74, 6) is -0.880. The van der Waals surface area contributed by atoms with Gasteiger partial charge in [0.1, 0.15) is 5.82 Å². The minimum Gasteiger partial charge on any atom is -0.336 e. The second-order valence-electron chi connectivity index (χ2n) is 5.23. The van der Waals surface area contributed by atoms with Gasteiger partial charge in [-0.15, -0.1) is 0 Å². The topological polar surface area (TPSA) is 76.5 Å². The highest BCUT2D eigenvalue weighted by molar-refractivity contribution is 6.30. The van der Waals surface area contributed by atoms with E-state index in [0.717, 1.165) is 6.20 Å². The second-order valence-corrected chi connectivity index (χ2v) is 5.67. The second kappa shape index (κ2) is 6.57. The molecule has 26 heavy (non-hydrogen) atoms. The van der Waals surface area contributed by atoms with E-state index in [-0.39, 0.29) is 28.5 Å². The van der Waals surface area contributed by atoms with Crippen LogP contribution in [0.3, 0.4) is 0 Å². The lowest BCUT2D eigenvalue weighted by molar-refractivity contribution is 0.625. The molecule has 3 aromatic heterocycles. The maximum absolute atomic E-state index is 14.2. The van der Waals surface area contributed by atoms with Gasteiger partial charge in [0.25, 0.3) is 0 Å². The number of aromatic nitrogens is 5. The Bertz CT molecular complexity index is 1120. The summed E-state index contributed by atoms with van der Waals surface area (Å²) in [6.45, 7) is 0. The van der Waals surface area contributed by atoms with Crippen LogP contribution in [-0.2, 0) is 0 Å². The zero-order chi connectivity index (χ0) is 18.1. The molecule has 4 rings (SSSR count). The third-order valence-electron chi connectivity index (χ3n) is 3.53. The van der Waals surface area contributed by atoms with Gasteiger partial charge >= 0.3 is 0 Å². The Morgan fingerprint density at radius 1 is 0.923 bits per heavy atom. The molecule has 0 bridgehead atoms. The average molecular weight is 371 g/mol. The number of hydrogen-bond donors (Lipinski definition) is 1. The Kier molecular flexibility index (Phi) is 4.10. The summed E-state index contributed by atoms with van der Waals surface area (Å²) in [6, 6.07) is 5.49. The fraction of sp³-hybridized carbons (Fsp3) is 0. The highest BCUT2D eigenvalue weighted by Gasteiger charge is 2.16. The number of rotatable bonds is 3. The Morgan fingerprint density at radius 3 is 2.62 bits per heavy atom. The minimum absolute atomic E-state index is 0.0509. The van der Waals surface area contributed by atoms with Crippen LogP contribution in [0.25, 0.3) is 22.6 Å². The first-order chi connectivity index (χ1) is 12.6. The van der Waals surface area contributed by atoms with Gasteiger partial charge in [0.2, 0.25) is 0 Å². The van der Waals surface area contributed by atoms with Crippen LogP contribution in [0.4, 0.5) is 20.3 Å². The zero-order valence-electron chi connectivity index (χ0n) is 13.0. The fourth-order valence-electron chi connectivity index (χ4n) is 2.34. The van der Waals surface area contributed by atoms with Gasteiger partial charge in [0.15, 0.2) is 28.6 Å². The smallest absolute Gasteiger partial charge is 0.184 e. The van der Waals surface area contributed by atoms with Crippen molar-refractivity contribution in [1.29, 1.82) is 0 Å². The van der Waals surface area contributed by atoms with Crippen LogP contribution in [0, 0.1) is 11.6 Å². The van der Waals surface area contributed by atoms with Crippen LogP contribution in [0.1, 0.15) is 0 Å². The molecule has 6 nitrogen and oxygen atoms in total. The SMILES string of the molecule is Fc1cnccc1Nc1nc(-c2cc(Cl)ccc2F)nc2nccnc12. The average Bonchev–Trinajstić information content (AvgIpc) is 2.65. The molecular formula is C17H9ClF2N6. The highest BCUT2D eigenvalue weighted by atomic mass is 35.5. The molecule has 0 saturated heterocycles. The van der Waals surface area contributed by atoms with Crippen molar-refractivity contribution in [1.82, 2.24) is 24.9 Å². The molecule has 1 aromatic carbocycles. The number of nitrogens with zero attached hydrogens (tertiary/aromatic N) is 5. The molecule has 4 aromatic rings. The monoisotopic (exact) mass is 370 g/mol. The summed E-state index contributed by atoms with van der Waals surface area (Å²) in [7, 11) is 0. The maximum Gasteiger partial charge on any atom is 0.184 e. The molecule has 3 heterocycles. The first-order valence-electron chi connectivity index (χ1n) is 7.42. The van der Waals surface area contributed by atoms with Gasteiger partial charge in [-0.05, 0) is 24.3 Å². The fourth-order valence-corrected chi connectivity index (χ4v) is 2.52. The van der Waals surface area contributed by atoms with Crippen molar-refractivity contribution >= 4 is 34.3 Å². The molecule has 0 saturated carbocycles. The molecule has 0 aliphatic carbocycles. The molecule has 128 valence electrons. The lowest BCUT2D eigenvalue weighted by Gasteiger charge is -2.10. The molecule has 0 aliphatic heterocycles. The van der Waals surface area contributed by atoms with E-state index in [9.17, 15) is 8.78 Å². The predicted octanol–water partition coefficient (Wildman–Crippen LogP) is 4.16. The van der Waals surface area contributed by atoms with E-state index in [0.29, 0.717) is 10.5 Å². The normalized spacial score (nSPS) is 10.9. The Labute approximate surface area is 151 Å². The number of nitrogens with one attached hydrogen (secondary N) is 1. The third kappa shape index (κ3) is 3.02. The largest absolute Gasteiger partial charge is 0.336 e. The quantitative estimate of drug-likeness (QED) is 0.583. The van der Waals surface area contributed by atoms with E-state index in [1.54, 1.807) is 0 Å². The van der Waals surface area contributed by atoms with Gasteiger partial charge in [-0.3, -0.25) is 4.98 Å². The summed E-state index contributed by atoms with van der Waals surface area (Å²) in [5, 5.41) is 3.17. The van der Waals surface area contributed by atoms with Crippen molar-refractivity contribution in [2.24, 2.45) is 0 Å². The van der Waals surface area contributed by atoms with Gasteiger partial charge in [-0.25, -0.2) is 28.7 Å². The Hall–Kier alpha value is -3.26. The van der Waals surface area contributed by atoms with Gasteiger partial charge in [0.05, 0.1) is 17.4 Å². The number of fused-ring (bicyclic) bond motifs is 1. The van der Waals surface area contributed by atoms with Crippen molar-refractivity contribution in [2.45, 2.75) is 0 Å². The van der Waals surface area contributed by atoms with Crippen LogP contribution in [0.15, 0.2) is 49.1 Å². The highest BCUT2D eigenvalue weighted by Crippen LogP contribution is 2.28. The number of hydrogen-bond acceptors (Lipinski definition) is 6. The summed E-state index contributed by atoms with van der Waals surface area (Å²) >= 11 is 5.95. The zero-order valence-corrected chi connectivity index (χ0v) is 13.7. The molecule has 0 atom stereocenters. The first-order valence-corrected chi connectivity index (χ1v) is 7.80. The number of anilines is 2. The van der Waals surface area contributed by atoms with Crippen molar-refractivity contribution in [2.75, 3.05) is 5.32 Å². The van der Waals surface area contributed by atoms with E-state index in [4.69, 9.17) is 11.6 Å². The molecular weight excluding hydrogens is 362 g/mol. The Morgan fingerprint density at radius 2 is 1.77 bits per heavy atom. The van der Waals surface area contributed by atoms with Crippen LogP contribution in [0.2, 0.25) is 5.02 Å². The van der Waals surface area contributed by atoms with E-state index >= 15 is 0 Å².